The molecule has 1 N–H and O–H groups in total. The Morgan fingerprint density at radius 1 is 1.69 bits per heavy atom. The standard InChI is InChI=1S/C10H19NO2/c1-3-8(2)6-10(12)9-7-13-5-4-11-9/h8-9,11H,3-7H2,1-2H3. The van der Waals surface area contributed by atoms with Crippen molar-refractivity contribution in [3.05, 3.63) is 0 Å². The van der Waals surface area contributed by atoms with Gasteiger partial charge in [0.05, 0.1) is 19.3 Å². The molecule has 76 valence electrons. The van der Waals surface area contributed by atoms with E-state index in [2.05, 4.69) is 19.2 Å². The van der Waals surface area contributed by atoms with Crippen molar-refractivity contribution in [3.8, 4) is 0 Å². The van der Waals surface area contributed by atoms with E-state index in [1.54, 1.807) is 0 Å². The Kier molecular flexibility index (Phi) is 4.39. The molecule has 0 radical (unpaired) electrons. The van der Waals surface area contributed by atoms with Crippen molar-refractivity contribution < 1.29 is 9.53 Å². The second-order valence-electron chi connectivity index (χ2n) is 3.77. The summed E-state index contributed by atoms with van der Waals surface area (Å²) in [5.74, 6) is 0.797. The monoisotopic (exact) mass is 185 g/mol. The summed E-state index contributed by atoms with van der Waals surface area (Å²) in [6.45, 7) is 6.31. The Bertz CT molecular complexity index is 164. The predicted molar refractivity (Wildman–Crippen MR) is 51.7 cm³/mol. The molecule has 0 spiro atoms. The van der Waals surface area contributed by atoms with Crippen LogP contribution in [0.25, 0.3) is 0 Å². The fourth-order valence-corrected chi connectivity index (χ4v) is 1.40. The molecule has 0 bridgehead atoms. The number of carbonyl (C=O) groups is 1. The Balaban J connectivity index is 2.29. The van der Waals surface area contributed by atoms with E-state index >= 15 is 0 Å². The van der Waals surface area contributed by atoms with Crippen LogP contribution in [0.4, 0.5) is 0 Å². The number of nitrogens with one attached hydrogen (secondary N) is 1. The first-order valence-corrected chi connectivity index (χ1v) is 5.08. The minimum Gasteiger partial charge on any atom is -0.378 e. The molecule has 1 aliphatic heterocycles. The number of carbonyl (C=O) groups excluding carboxylic acids is 1. The van der Waals surface area contributed by atoms with E-state index in [1.807, 2.05) is 0 Å². The molecule has 2 unspecified atom stereocenters. The van der Waals surface area contributed by atoms with E-state index in [1.165, 1.54) is 0 Å². The van der Waals surface area contributed by atoms with Crippen LogP contribution < -0.4 is 5.32 Å². The fourth-order valence-electron chi connectivity index (χ4n) is 1.40. The lowest BCUT2D eigenvalue weighted by atomic mass is 9.98. The van der Waals surface area contributed by atoms with Crippen molar-refractivity contribution in [3.63, 3.8) is 0 Å². The number of ketones is 1. The van der Waals surface area contributed by atoms with Gasteiger partial charge in [0.25, 0.3) is 0 Å². The SMILES string of the molecule is CCC(C)CC(=O)C1COCCN1. The molecule has 1 saturated heterocycles. The second-order valence-corrected chi connectivity index (χ2v) is 3.77. The molecule has 2 atom stereocenters. The molecule has 0 aromatic heterocycles. The molecule has 0 aromatic rings. The molecular weight excluding hydrogens is 166 g/mol. The van der Waals surface area contributed by atoms with Crippen LogP contribution in [0.1, 0.15) is 26.7 Å². The number of hydrogen-bond acceptors (Lipinski definition) is 3. The summed E-state index contributed by atoms with van der Waals surface area (Å²) in [7, 11) is 0. The normalized spacial score (nSPS) is 25.5. The van der Waals surface area contributed by atoms with Crippen LogP contribution in [0.5, 0.6) is 0 Å². The smallest absolute Gasteiger partial charge is 0.152 e. The summed E-state index contributed by atoms with van der Waals surface area (Å²) in [5, 5.41) is 3.17. The van der Waals surface area contributed by atoms with Crippen LogP contribution in [0.15, 0.2) is 0 Å². The summed E-state index contributed by atoms with van der Waals surface area (Å²) in [6.07, 6.45) is 1.75. The van der Waals surface area contributed by atoms with Gasteiger partial charge in [-0.25, -0.2) is 0 Å². The lowest BCUT2D eigenvalue weighted by Gasteiger charge is -2.23. The van der Waals surface area contributed by atoms with Gasteiger partial charge in [-0.1, -0.05) is 20.3 Å². The maximum Gasteiger partial charge on any atom is 0.152 e. The van der Waals surface area contributed by atoms with Gasteiger partial charge in [0, 0.05) is 13.0 Å². The summed E-state index contributed by atoms with van der Waals surface area (Å²) >= 11 is 0. The number of Topliss-reactive ketones (excluding diaryl/α,β-unsaturated/α-hetero) is 1. The highest BCUT2D eigenvalue weighted by atomic mass is 16.5. The van der Waals surface area contributed by atoms with Crippen molar-refractivity contribution in [1.82, 2.24) is 5.32 Å². The lowest BCUT2D eigenvalue weighted by Crippen LogP contribution is -2.46. The zero-order valence-corrected chi connectivity index (χ0v) is 8.51. The van der Waals surface area contributed by atoms with E-state index in [0.717, 1.165) is 19.6 Å². The van der Waals surface area contributed by atoms with Crippen LogP contribution in [0.2, 0.25) is 0 Å². The number of rotatable bonds is 4. The first-order chi connectivity index (χ1) is 6.24. The first kappa shape index (κ1) is 10.7. The molecule has 3 nitrogen and oxygen atoms in total. The third kappa shape index (κ3) is 3.44. The number of morpholine rings is 1. The highest BCUT2D eigenvalue weighted by molar-refractivity contribution is 5.84. The molecule has 0 aromatic carbocycles. The third-order valence-corrected chi connectivity index (χ3v) is 2.56. The van der Waals surface area contributed by atoms with E-state index in [0.29, 0.717) is 24.7 Å². The molecule has 1 heterocycles. The molecule has 3 heteroatoms. The minimum atomic E-state index is -0.0530. The fraction of sp³-hybridized carbons (Fsp3) is 0.900. The van der Waals surface area contributed by atoms with Crippen LogP contribution in [0.3, 0.4) is 0 Å². The molecular formula is C10H19NO2. The van der Waals surface area contributed by atoms with Crippen molar-refractivity contribution in [2.45, 2.75) is 32.7 Å². The van der Waals surface area contributed by atoms with E-state index in [4.69, 9.17) is 4.74 Å². The average molecular weight is 185 g/mol. The van der Waals surface area contributed by atoms with Crippen molar-refractivity contribution in [2.75, 3.05) is 19.8 Å². The molecule has 13 heavy (non-hydrogen) atoms. The van der Waals surface area contributed by atoms with E-state index in [9.17, 15) is 4.79 Å². The zero-order valence-electron chi connectivity index (χ0n) is 8.51. The molecule has 1 aliphatic rings. The van der Waals surface area contributed by atoms with Gasteiger partial charge in [-0.3, -0.25) is 4.79 Å². The van der Waals surface area contributed by atoms with Gasteiger partial charge >= 0.3 is 0 Å². The topological polar surface area (TPSA) is 38.3 Å². The molecule has 0 saturated carbocycles. The molecule has 0 aliphatic carbocycles. The summed E-state index contributed by atoms with van der Waals surface area (Å²) in [4.78, 5) is 11.6. The van der Waals surface area contributed by atoms with Crippen molar-refractivity contribution in [2.24, 2.45) is 5.92 Å². The largest absolute Gasteiger partial charge is 0.378 e. The van der Waals surface area contributed by atoms with E-state index < -0.39 is 0 Å². The van der Waals surface area contributed by atoms with Gasteiger partial charge < -0.3 is 10.1 Å². The van der Waals surface area contributed by atoms with Crippen LogP contribution in [-0.4, -0.2) is 31.6 Å². The van der Waals surface area contributed by atoms with Gasteiger partial charge in [-0.05, 0) is 5.92 Å². The Morgan fingerprint density at radius 3 is 3.00 bits per heavy atom. The highest BCUT2D eigenvalue weighted by Gasteiger charge is 2.21. The summed E-state index contributed by atoms with van der Waals surface area (Å²) in [5.41, 5.74) is 0. The van der Waals surface area contributed by atoms with Crippen LogP contribution in [0, 0.1) is 5.92 Å². The van der Waals surface area contributed by atoms with Crippen molar-refractivity contribution >= 4 is 5.78 Å². The number of hydrogen-bond donors (Lipinski definition) is 1. The molecule has 0 amide bonds. The zero-order chi connectivity index (χ0) is 9.68. The quantitative estimate of drug-likeness (QED) is 0.709. The molecule has 1 fully saturated rings. The van der Waals surface area contributed by atoms with Gasteiger partial charge in [0.15, 0.2) is 5.78 Å². The van der Waals surface area contributed by atoms with Crippen LogP contribution in [-0.2, 0) is 9.53 Å². The van der Waals surface area contributed by atoms with Crippen LogP contribution >= 0.6 is 0 Å². The maximum atomic E-state index is 11.6. The Labute approximate surface area is 79.8 Å². The van der Waals surface area contributed by atoms with Gasteiger partial charge in [-0.15, -0.1) is 0 Å². The minimum absolute atomic E-state index is 0.0530. The van der Waals surface area contributed by atoms with Gasteiger partial charge in [0.2, 0.25) is 0 Å². The summed E-state index contributed by atoms with van der Waals surface area (Å²) in [6, 6.07) is -0.0530. The predicted octanol–water partition coefficient (Wildman–Crippen LogP) is 0.980. The third-order valence-electron chi connectivity index (χ3n) is 2.56. The van der Waals surface area contributed by atoms with Crippen molar-refractivity contribution in [1.29, 1.82) is 0 Å². The first-order valence-electron chi connectivity index (χ1n) is 5.08. The van der Waals surface area contributed by atoms with Gasteiger partial charge in [-0.2, -0.15) is 0 Å². The van der Waals surface area contributed by atoms with Gasteiger partial charge in [0.1, 0.15) is 0 Å². The Morgan fingerprint density at radius 2 is 2.46 bits per heavy atom. The summed E-state index contributed by atoms with van der Waals surface area (Å²) < 4.78 is 5.24. The van der Waals surface area contributed by atoms with E-state index in [-0.39, 0.29) is 6.04 Å². The highest BCUT2D eigenvalue weighted by Crippen LogP contribution is 2.09. The second kappa shape index (κ2) is 5.35. The number of ether oxygens (including phenoxy) is 1. The Hall–Kier alpha value is -0.410. The lowest BCUT2D eigenvalue weighted by molar-refractivity contribution is -0.124. The maximum absolute atomic E-state index is 11.6. The average Bonchev–Trinajstić information content (AvgIpc) is 2.19. The molecule has 1 rings (SSSR count).